The highest BCUT2D eigenvalue weighted by molar-refractivity contribution is 5.89. The number of likely N-dealkylation sites (tertiary alicyclic amines) is 1. The zero-order valence-electron chi connectivity index (χ0n) is 14.6. The van der Waals surface area contributed by atoms with Gasteiger partial charge in [0.2, 0.25) is 0 Å². The number of carbonyl (C=O) groups is 1. The summed E-state index contributed by atoms with van der Waals surface area (Å²) < 4.78 is 51.0. The zero-order valence-corrected chi connectivity index (χ0v) is 14.6. The molecule has 0 spiro atoms. The van der Waals surface area contributed by atoms with Gasteiger partial charge in [0.25, 0.3) is 0 Å². The van der Waals surface area contributed by atoms with Gasteiger partial charge in [0, 0.05) is 18.8 Å². The summed E-state index contributed by atoms with van der Waals surface area (Å²) in [5, 5.41) is 2.68. The summed E-state index contributed by atoms with van der Waals surface area (Å²) in [6, 6.07) is 10.7. The summed E-state index contributed by atoms with van der Waals surface area (Å²) in [5.41, 5.74) is 0.632. The number of carbonyl (C=O) groups excluding carboxylic acids is 1. The van der Waals surface area contributed by atoms with Crippen molar-refractivity contribution in [3.8, 4) is 0 Å². The average Bonchev–Trinajstić information content (AvgIpc) is 2.62. The molecule has 0 atom stereocenters. The number of hydrogen-bond acceptors (Lipinski definition) is 1. The number of alkyl halides is 3. The second kappa shape index (κ2) is 7.98. The van der Waals surface area contributed by atoms with Gasteiger partial charge in [0.1, 0.15) is 5.82 Å². The van der Waals surface area contributed by atoms with Crippen LogP contribution in [0.5, 0.6) is 0 Å². The van der Waals surface area contributed by atoms with Crippen LogP contribution in [-0.4, -0.2) is 24.0 Å². The number of amides is 2. The molecule has 3 rings (SSSR count). The van der Waals surface area contributed by atoms with Crippen LogP contribution in [0.15, 0.2) is 48.5 Å². The number of benzene rings is 2. The van der Waals surface area contributed by atoms with Crippen LogP contribution < -0.4 is 5.32 Å². The number of piperidine rings is 1. The normalized spacial score (nSPS) is 15.6. The van der Waals surface area contributed by atoms with Crippen LogP contribution >= 0.6 is 0 Å². The van der Waals surface area contributed by atoms with Gasteiger partial charge >= 0.3 is 12.2 Å². The second-order valence-electron chi connectivity index (χ2n) is 6.77. The van der Waals surface area contributed by atoms with Gasteiger partial charge in [-0.25, -0.2) is 9.18 Å². The van der Waals surface area contributed by atoms with Crippen molar-refractivity contribution in [2.45, 2.75) is 25.4 Å². The number of urea groups is 1. The fraction of sp³-hybridized carbons (Fsp3) is 0.350. The third-order valence-corrected chi connectivity index (χ3v) is 4.78. The molecule has 0 unspecified atom stereocenters. The molecule has 0 aromatic heterocycles. The highest BCUT2D eigenvalue weighted by Gasteiger charge is 2.30. The summed E-state index contributed by atoms with van der Waals surface area (Å²) in [4.78, 5) is 13.9. The molecule has 0 radical (unpaired) electrons. The molecule has 7 heteroatoms. The highest BCUT2D eigenvalue weighted by Crippen LogP contribution is 2.30. The van der Waals surface area contributed by atoms with E-state index in [0.717, 1.165) is 30.5 Å². The van der Waals surface area contributed by atoms with E-state index in [1.807, 2.05) is 0 Å². The minimum atomic E-state index is -4.32. The molecule has 1 fully saturated rings. The lowest BCUT2D eigenvalue weighted by atomic mass is 9.90. The summed E-state index contributed by atoms with van der Waals surface area (Å²) in [5.74, 6) is -0.0944. The van der Waals surface area contributed by atoms with Crippen molar-refractivity contribution >= 4 is 11.7 Å². The van der Waals surface area contributed by atoms with Crippen LogP contribution in [-0.2, 0) is 12.6 Å². The van der Waals surface area contributed by atoms with Crippen LogP contribution in [0.4, 0.5) is 28.0 Å². The molecule has 2 aromatic carbocycles. The monoisotopic (exact) mass is 380 g/mol. The Kier molecular flexibility index (Phi) is 5.68. The topological polar surface area (TPSA) is 32.3 Å². The molecule has 144 valence electrons. The molecule has 2 amide bonds. The van der Waals surface area contributed by atoms with Gasteiger partial charge in [-0.1, -0.05) is 18.2 Å². The molecule has 1 aliphatic heterocycles. The molecular weight excluding hydrogens is 360 g/mol. The lowest BCUT2D eigenvalue weighted by Gasteiger charge is -2.32. The minimum absolute atomic E-state index is 0.270. The van der Waals surface area contributed by atoms with E-state index in [9.17, 15) is 22.4 Å². The number of nitrogens with zero attached hydrogens (tertiary/aromatic N) is 1. The Labute approximate surface area is 155 Å². The van der Waals surface area contributed by atoms with Crippen LogP contribution in [0, 0.1) is 11.7 Å². The Bertz CT molecular complexity index is 781. The molecule has 1 saturated heterocycles. The third kappa shape index (κ3) is 5.21. The third-order valence-electron chi connectivity index (χ3n) is 4.78. The van der Waals surface area contributed by atoms with Gasteiger partial charge in [-0.3, -0.25) is 0 Å². The average molecular weight is 380 g/mol. The SMILES string of the molecule is O=C(Nc1cccc(F)c1)N1CCC(Cc2ccc(C(F)(F)F)cc2)CC1. The maximum atomic E-state index is 13.2. The molecule has 0 aliphatic carbocycles. The molecule has 2 aromatic rings. The Morgan fingerprint density at radius 2 is 1.74 bits per heavy atom. The summed E-state index contributed by atoms with van der Waals surface area (Å²) in [6.45, 7) is 1.12. The molecule has 1 aliphatic rings. The molecule has 0 saturated carbocycles. The molecule has 27 heavy (non-hydrogen) atoms. The molecule has 1 N–H and O–H groups in total. The number of hydrogen-bond donors (Lipinski definition) is 1. The van der Waals surface area contributed by atoms with Crippen molar-refractivity contribution < 1.29 is 22.4 Å². The van der Waals surface area contributed by atoms with Gasteiger partial charge in [-0.2, -0.15) is 13.2 Å². The maximum Gasteiger partial charge on any atom is 0.416 e. The Balaban J connectivity index is 1.49. The van der Waals surface area contributed by atoms with Gasteiger partial charge in [-0.15, -0.1) is 0 Å². The van der Waals surface area contributed by atoms with Gasteiger partial charge < -0.3 is 10.2 Å². The van der Waals surface area contributed by atoms with Crippen molar-refractivity contribution in [1.82, 2.24) is 4.90 Å². The fourth-order valence-corrected chi connectivity index (χ4v) is 3.27. The Morgan fingerprint density at radius 3 is 2.33 bits per heavy atom. The lowest BCUT2D eigenvalue weighted by Crippen LogP contribution is -2.41. The first-order valence-corrected chi connectivity index (χ1v) is 8.79. The number of anilines is 1. The van der Waals surface area contributed by atoms with Gasteiger partial charge in [-0.05, 0) is 61.1 Å². The summed E-state index contributed by atoms with van der Waals surface area (Å²) in [6.07, 6.45) is -2.08. The van der Waals surface area contributed by atoms with Crippen molar-refractivity contribution in [3.63, 3.8) is 0 Å². The summed E-state index contributed by atoms with van der Waals surface area (Å²) in [7, 11) is 0. The van der Waals surface area contributed by atoms with Crippen molar-refractivity contribution in [1.29, 1.82) is 0 Å². The quantitative estimate of drug-likeness (QED) is 0.717. The zero-order chi connectivity index (χ0) is 19.4. The van der Waals surface area contributed by atoms with E-state index in [1.165, 1.54) is 30.3 Å². The standard InChI is InChI=1S/C20H20F4N2O/c21-17-2-1-3-18(13-17)25-19(27)26-10-8-15(9-11-26)12-14-4-6-16(7-5-14)20(22,23)24/h1-7,13,15H,8-12H2,(H,25,27). The van der Waals surface area contributed by atoms with E-state index in [0.29, 0.717) is 31.1 Å². The van der Waals surface area contributed by atoms with Crippen LogP contribution in [0.3, 0.4) is 0 Å². The van der Waals surface area contributed by atoms with Gasteiger partial charge in [0.15, 0.2) is 0 Å². The first-order valence-electron chi connectivity index (χ1n) is 8.79. The first-order chi connectivity index (χ1) is 12.8. The van der Waals surface area contributed by atoms with E-state index in [2.05, 4.69) is 5.32 Å². The Hall–Kier alpha value is -2.57. The second-order valence-corrected chi connectivity index (χ2v) is 6.77. The predicted octanol–water partition coefficient (Wildman–Crippen LogP) is 5.33. The van der Waals surface area contributed by atoms with Crippen molar-refractivity contribution in [3.05, 3.63) is 65.5 Å². The lowest BCUT2D eigenvalue weighted by molar-refractivity contribution is -0.137. The van der Waals surface area contributed by atoms with Gasteiger partial charge in [0.05, 0.1) is 5.56 Å². The maximum absolute atomic E-state index is 13.2. The van der Waals surface area contributed by atoms with E-state index < -0.39 is 17.6 Å². The largest absolute Gasteiger partial charge is 0.416 e. The Morgan fingerprint density at radius 1 is 1.07 bits per heavy atom. The van der Waals surface area contributed by atoms with E-state index in [4.69, 9.17) is 0 Å². The number of nitrogens with one attached hydrogen (secondary N) is 1. The smallest absolute Gasteiger partial charge is 0.325 e. The molecule has 0 bridgehead atoms. The van der Waals surface area contributed by atoms with E-state index >= 15 is 0 Å². The molecule has 3 nitrogen and oxygen atoms in total. The van der Waals surface area contributed by atoms with Crippen LogP contribution in [0.25, 0.3) is 0 Å². The predicted molar refractivity (Wildman–Crippen MR) is 94.9 cm³/mol. The fourth-order valence-electron chi connectivity index (χ4n) is 3.27. The van der Waals surface area contributed by atoms with Crippen LogP contribution in [0.2, 0.25) is 0 Å². The van der Waals surface area contributed by atoms with Crippen molar-refractivity contribution in [2.24, 2.45) is 5.92 Å². The summed E-state index contributed by atoms with van der Waals surface area (Å²) >= 11 is 0. The highest BCUT2D eigenvalue weighted by atomic mass is 19.4. The van der Waals surface area contributed by atoms with E-state index in [1.54, 1.807) is 11.0 Å². The van der Waals surface area contributed by atoms with Crippen LogP contribution in [0.1, 0.15) is 24.0 Å². The van der Waals surface area contributed by atoms with Crippen molar-refractivity contribution in [2.75, 3.05) is 18.4 Å². The first kappa shape index (κ1) is 19.2. The molecular formula is C20H20F4N2O. The number of rotatable bonds is 3. The van der Waals surface area contributed by atoms with E-state index in [-0.39, 0.29) is 6.03 Å². The minimum Gasteiger partial charge on any atom is -0.325 e. The number of halogens is 4. The molecule has 1 heterocycles.